The fourth-order valence-corrected chi connectivity index (χ4v) is 5.50. The van der Waals surface area contributed by atoms with E-state index in [9.17, 15) is 9.59 Å². The van der Waals surface area contributed by atoms with Gasteiger partial charge in [0.05, 0.1) is 19.0 Å². The van der Waals surface area contributed by atoms with Crippen LogP contribution in [0.5, 0.6) is 5.75 Å². The zero-order valence-corrected chi connectivity index (χ0v) is 24.3. The van der Waals surface area contributed by atoms with Crippen molar-refractivity contribution in [3.05, 3.63) is 78.1 Å². The molecule has 0 atom stereocenters. The molecule has 0 saturated carbocycles. The van der Waals surface area contributed by atoms with Crippen LogP contribution in [0.15, 0.2) is 67.0 Å². The van der Waals surface area contributed by atoms with Gasteiger partial charge in [0.25, 0.3) is 5.91 Å². The van der Waals surface area contributed by atoms with Gasteiger partial charge in [-0.05, 0) is 60.7 Å². The van der Waals surface area contributed by atoms with Crippen LogP contribution in [0.1, 0.15) is 68.3 Å². The van der Waals surface area contributed by atoms with Crippen LogP contribution in [0.25, 0.3) is 16.9 Å². The third-order valence-corrected chi connectivity index (χ3v) is 7.64. The number of nitrogens with zero attached hydrogens (tertiary/aromatic N) is 5. The Balaban J connectivity index is 1.49. The van der Waals surface area contributed by atoms with Gasteiger partial charge < -0.3 is 14.5 Å². The minimum atomic E-state index is -0.105. The van der Waals surface area contributed by atoms with Gasteiger partial charge >= 0.3 is 0 Å². The van der Waals surface area contributed by atoms with Crippen molar-refractivity contribution >= 4 is 23.1 Å². The van der Waals surface area contributed by atoms with Gasteiger partial charge in [-0.25, -0.2) is 9.50 Å². The average molecular weight is 554 g/mol. The SMILES string of the molecule is COc1ccc(-c2ccnc3c(C(=O)N4CCCCCCCN(C(=O)CC(C)C)c5ccccc5C4)cnn23)cc1. The van der Waals surface area contributed by atoms with Crippen molar-refractivity contribution in [1.29, 1.82) is 0 Å². The molecule has 2 aromatic carbocycles. The Labute approximate surface area is 241 Å². The number of aromatic nitrogens is 3. The van der Waals surface area contributed by atoms with E-state index in [1.807, 2.05) is 64.4 Å². The molecule has 0 spiro atoms. The van der Waals surface area contributed by atoms with E-state index in [0.29, 0.717) is 37.3 Å². The number of benzene rings is 2. The lowest BCUT2D eigenvalue weighted by Crippen LogP contribution is -2.36. The lowest BCUT2D eigenvalue weighted by atomic mass is 10.0. The van der Waals surface area contributed by atoms with Crippen LogP contribution in [-0.4, -0.2) is 51.5 Å². The second-order valence-corrected chi connectivity index (χ2v) is 11.1. The number of methoxy groups -OCH3 is 1. The van der Waals surface area contributed by atoms with Crippen LogP contribution in [0.3, 0.4) is 0 Å². The van der Waals surface area contributed by atoms with Crippen LogP contribution in [0.2, 0.25) is 0 Å². The van der Waals surface area contributed by atoms with Gasteiger partial charge in [0.15, 0.2) is 5.65 Å². The van der Waals surface area contributed by atoms with Crippen molar-refractivity contribution in [2.45, 2.75) is 58.9 Å². The van der Waals surface area contributed by atoms with Crippen molar-refractivity contribution in [2.75, 3.05) is 25.1 Å². The summed E-state index contributed by atoms with van der Waals surface area (Å²) < 4.78 is 7.03. The summed E-state index contributed by atoms with van der Waals surface area (Å²) in [6.07, 6.45) is 8.93. The molecule has 0 fully saturated rings. The Morgan fingerprint density at radius 3 is 2.41 bits per heavy atom. The molecule has 1 aliphatic heterocycles. The zero-order chi connectivity index (χ0) is 28.8. The van der Waals surface area contributed by atoms with Crippen LogP contribution >= 0.6 is 0 Å². The van der Waals surface area contributed by atoms with Crippen molar-refractivity contribution in [1.82, 2.24) is 19.5 Å². The van der Waals surface area contributed by atoms with Gasteiger partial charge in [0, 0.05) is 43.5 Å². The highest BCUT2D eigenvalue weighted by molar-refractivity contribution is 6.00. The average Bonchev–Trinajstić information content (AvgIpc) is 3.41. The number of para-hydroxylation sites is 1. The molecule has 4 aromatic rings. The number of anilines is 1. The molecular weight excluding hydrogens is 514 g/mol. The lowest BCUT2D eigenvalue weighted by molar-refractivity contribution is -0.119. The number of carbonyl (C=O) groups is 2. The Hall–Kier alpha value is -4.20. The second kappa shape index (κ2) is 13.0. The van der Waals surface area contributed by atoms with Gasteiger partial charge in [-0.3, -0.25) is 9.59 Å². The third-order valence-electron chi connectivity index (χ3n) is 7.64. The van der Waals surface area contributed by atoms with Gasteiger partial charge in [0.2, 0.25) is 5.91 Å². The van der Waals surface area contributed by atoms with E-state index in [1.54, 1.807) is 24.0 Å². The van der Waals surface area contributed by atoms with E-state index >= 15 is 0 Å². The minimum absolute atomic E-state index is 0.105. The molecular formula is C33H39N5O3. The fourth-order valence-electron chi connectivity index (χ4n) is 5.50. The monoisotopic (exact) mass is 553 g/mol. The third kappa shape index (κ3) is 6.42. The zero-order valence-electron chi connectivity index (χ0n) is 24.3. The topological polar surface area (TPSA) is 80.0 Å². The number of carbonyl (C=O) groups excluding carboxylic acids is 2. The summed E-state index contributed by atoms with van der Waals surface area (Å²) in [5.41, 5.74) is 4.66. The minimum Gasteiger partial charge on any atom is -0.497 e. The maximum absolute atomic E-state index is 14.1. The van der Waals surface area contributed by atoms with Crippen LogP contribution in [-0.2, 0) is 11.3 Å². The highest BCUT2D eigenvalue weighted by Gasteiger charge is 2.25. The Kier molecular flexibility index (Phi) is 8.97. The summed E-state index contributed by atoms with van der Waals surface area (Å²) in [7, 11) is 1.64. The normalized spacial score (nSPS) is 14.8. The molecule has 2 aromatic heterocycles. The van der Waals surface area contributed by atoms with Crippen molar-refractivity contribution in [3.63, 3.8) is 0 Å². The van der Waals surface area contributed by atoms with E-state index in [4.69, 9.17) is 4.74 Å². The first-order chi connectivity index (χ1) is 20.0. The van der Waals surface area contributed by atoms with Crippen LogP contribution in [0.4, 0.5) is 5.69 Å². The summed E-state index contributed by atoms with van der Waals surface area (Å²) in [6, 6.07) is 17.6. The molecule has 0 saturated heterocycles. The maximum atomic E-state index is 14.1. The molecule has 0 aliphatic carbocycles. The first-order valence-electron chi connectivity index (χ1n) is 14.6. The Bertz CT molecular complexity index is 1490. The maximum Gasteiger partial charge on any atom is 0.259 e. The standard InChI is InChI=1S/C33H39N5O3/c1-24(2)21-31(39)37-20-10-6-4-5-9-19-36(23-26-11-7-8-12-29(26)37)33(40)28-22-35-38-30(17-18-34-32(28)38)25-13-15-27(41-3)16-14-25/h7-8,11-18,22,24H,4-6,9-10,19-21,23H2,1-3H3. The molecule has 214 valence electrons. The van der Waals surface area contributed by atoms with Gasteiger partial charge in [-0.1, -0.05) is 51.3 Å². The van der Waals surface area contributed by atoms with Crippen molar-refractivity contribution in [2.24, 2.45) is 5.92 Å². The van der Waals surface area contributed by atoms with Crippen LogP contribution < -0.4 is 9.64 Å². The molecule has 41 heavy (non-hydrogen) atoms. The smallest absolute Gasteiger partial charge is 0.259 e. The van der Waals surface area contributed by atoms with Gasteiger partial charge in [-0.2, -0.15) is 5.10 Å². The summed E-state index contributed by atoms with van der Waals surface area (Å²) in [5.74, 6) is 1.09. The quantitative estimate of drug-likeness (QED) is 0.286. The van der Waals surface area contributed by atoms with Gasteiger partial charge in [0.1, 0.15) is 11.3 Å². The highest BCUT2D eigenvalue weighted by Crippen LogP contribution is 2.28. The molecule has 5 rings (SSSR count). The number of rotatable bonds is 5. The molecule has 0 radical (unpaired) electrons. The van der Waals surface area contributed by atoms with Gasteiger partial charge in [-0.15, -0.1) is 0 Å². The van der Waals surface area contributed by atoms with E-state index in [0.717, 1.165) is 60.4 Å². The first kappa shape index (κ1) is 28.3. The molecule has 1 aliphatic rings. The largest absolute Gasteiger partial charge is 0.497 e. The van der Waals surface area contributed by atoms with Crippen molar-refractivity contribution < 1.29 is 14.3 Å². The van der Waals surface area contributed by atoms with E-state index in [1.165, 1.54) is 0 Å². The van der Waals surface area contributed by atoms with E-state index in [2.05, 4.69) is 23.9 Å². The molecule has 0 unspecified atom stereocenters. The Morgan fingerprint density at radius 1 is 0.927 bits per heavy atom. The molecule has 0 bridgehead atoms. The van der Waals surface area contributed by atoms with Crippen LogP contribution in [0, 0.1) is 5.92 Å². The Morgan fingerprint density at radius 2 is 1.66 bits per heavy atom. The second-order valence-electron chi connectivity index (χ2n) is 11.1. The predicted octanol–water partition coefficient (Wildman–Crippen LogP) is 6.39. The number of hydrogen-bond donors (Lipinski definition) is 0. The number of amides is 2. The number of hydrogen-bond acceptors (Lipinski definition) is 5. The summed E-state index contributed by atoms with van der Waals surface area (Å²) in [6.45, 7) is 5.89. The van der Waals surface area contributed by atoms with Crippen molar-refractivity contribution in [3.8, 4) is 17.0 Å². The molecule has 0 N–H and O–H groups in total. The molecule has 8 nitrogen and oxygen atoms in total. The highest BCUT2D eigenvalue weighted by atomic mass is 16.5. The summed E-state index contributed by atoms with van der Waals surface area (Å²) >= 11 is 0. The number of ether oxygens (including phenoxy) is 1. The van der Waals surface area contributed by atoms with E-state index < -0.39 is 0 Å². The fraction of sp³-hybridized carbons (Fsp3) is 0.394. The molecule has 2 amide bonds. The number of fused-ring (bicyclic) bond motifs is 2. The summed E-state index contributed by atoms with van der Waals surface area (Å²) in [5, 5.41) is 4.59. The summed E-state index contributed by atoms with van der Waals surface area (Å²) in [4.78, 5) is 35.9. The van der Waals surface area contributed by atoms with E-state index in [-0.39, 0.29) is 17.7 Å². The predicted molar refractivity (Wildman–Crippen MR) is 161 cm³/mol. The molecule has 3 heterocycles. The first-order valence-corrected chi connectivity index (χ1v) is 14.6. The lowest BCUT2D eigenvalue weighted by Gasteiger charge is -2.29. The molecule has 8 heteroatoms.